The first-order valence-electron chi connectivity index (χ1n) is 8.50. The van der Waals surface area contributed by atoms with Crippen LogP contribution in [-0.2, 0) is 14.8 Å². The highest BCUT2D eigenvalue weighted by Gasteiger charge is 2.32. The standard InChI is InChI=1S/C19H21N3O5S/c1-12(23)22-18(13-5-4-6-14(9-13)21-28(3,25)26)11-17(20-22)16-8-7-15(27-2)10-19(16)24/h4-10,18,21,24H,11H2,1-3H3. The van der Waals surface area contributed by atoms with Gasteiger partial charge in [-0.1, -0.05) is 12.1 Å². The van der Waals surface area contributed by atoms with Gasteiger partial charge in [-0.05, 0) is 29.8 Å². The van der Waals surface area contributed by atoms with Crippen molar-refractivity contribution in [1.29, 1.82) is 0 Å². The molecule has 1 atom stereocenters. The van der Waals surface area contributed by atoms with Crippen molar-refractivity contribution in [3.63, 3.8) is 0 Å². The topological polar surface area (TPSA) is 108 Å². The molecule has 1 amide bonds. The predicted molar refractivity (Wildman–Crippen MR) is 106 cm³/mol. The number of ether oxygens (including phenoxy) is 1. The summed E-state index contributed by atoms with van der Waals surface area (Å²) in [6.07, 6.45) is 1.45. The number of nitrogens with zero attached hydrogens (tertiary/aromatic N) is 2. The molecule has 0 fully saturated rings. The Balaban J connectivity index is 1.94. The first-order chi connectivity index (χ1) is 13.2. The molecule has 28 heavy (non-hydrogen) atoms. The summed E-state index contributed by atoms with van der Waals surface area (Å²) in [7, 11) is -1.91. The number of hydrazone groups is 1. The molecule has 0 aliphatic carbocycles. The van der Waals surface area contributed by atoms with E-state index in [0.29, 0.717) is 29.1 Å². The molecule has 148 valence electrons. The Morgan fingerprint density at radius 2 is 2.04 bits per heavy atom. The van der Waals surface area contributed by atoms with Gasteiger partial charge in [0.25, 0.3) is 0 Å². The number of benzene rings is 2. The Kier molecular flexibility index (Phi) is 5.28. The third-order valence-electron chi connectivity index (χ3n) is 4.32. The SMILES string of the molecule is COc1ccc(C2=NN(C(C)=O)C(c3cccc(NS(C)(=O)=O)c3)C2)c(O)c1. The Hall–Kier alpha value is -3.07. The minimum atomic E-state index is -3.42. The smallest absolute Gasteiger partial charge is 0.240 e. The fraction of sp³-hybridized carbons (Fsp3) is 0.263. The Morgan fingerprint density at radius 1 is 1.29 bits per heavy atom. The highest BCUT2D eigenvalue weighted by Crippen LogP contribution is 2.36. The van der Waals surface area contributed by atoms with Crippen LogP contribution in [0, 0.1) is 0 Å². The lowest BCUT2D eigenvalue weighted by Crippen LogP contribution is -2.24. The molecule has 2 N–H and O–H groups in total. The second kappa shape index (κ2) is 7.51. The summed E-state index contributed by atoms with van der Waals surface area (Å²) < 4.78 is 30.5. The number of hydrogen-bond donors (Lipinski definition) is 2. The van der Waals surface area contributed by atoms with E-state index in [9.17, 15) is 18.3 Å². The van der Waals surface area contributed by atoms with Crippen molar-refractivity contribution in [3.05, 3.63) is 53.6 Å². The number of carbonyl (C=O) groups is 1. The van der Waals surface area contributed by atoms with Crippen molar-refractivity contribution in [2.45, 2.75) is 19.4 Å². The number of phenolic OH excluding ortho intramolecular Hbond substituents is 1. The minimum absolute atomic E-state index is 0.00902. The highest BCUT2D eigenvalue weighted by molar-refractivity contribution is 7.92. The molecule has 1 unspecified atom stereocenters. The van der Waals surface area contributed by atoms with Gasteiger partial charge in [-0.3, -0.25) is 9.52 Å². The van der Waals surface area contributed by atoms with E-state index in [1.165, 1.54) is 25.1 Å². The summed E-state index contributed by atoms with van der Waals surface area (Å²) in [5.74, 6) is 0.267. The van der Waals surface area contributed by atoms with Gasteiger partial charge in [0, 0.05) is 30.7 Å². The maximum absolute atomic E-state index is 12.1. The second-order valence-corrected chi connectivity index (χ2v) is 8.26. The summed E-state index contributed by atoms with van der Waals surface area (Å²) in [6, 6.07) is 11.3. The zero-order valence-corrected chi connectivity index (χ0v) is 16.5. The molecule has 1 heterocycles. The summed E-state index contributed by atoms with van der Waals surface area (Å²) in [5, 5.41) is 16.0. The van der Waals surface area contributed by atoms with E-state index in [-0.39, 0.29) is 11.7 Å². The molecule has 2 aromatic rings. The number of anilines is 1. The molecule has 0 spiro atoms. The van der Waals surface area contributed by atoms with Crippen LogP contribution in [0.1, 0.15) is 30.5 Å². The zero-order chi connectivity index (χ0) is 20.5. The molecular weight excluding hydrogens is 382 g/mol. The van der Waals surface area contributed by atoms with E-state index in [4.69, 9.17) is 4.74 Å². The zero-order valence-electron chi connectivity index (χ0n) is 15.7. The maximum Gasteiger partial charge on any atom is 0.240 e. The van der Waals surface area contributed by atoms with Crippen molar-refractivity contribution in [1.82, 2.24) is 5.01 Å². The van der Waals surface area contributed by atoms with Gasteiger partial charge in [-0.15, -0.1) is 0 Å². The number of hydrogen-bond acceptors (Lipinski definition) is 6. The van der Waals surface area contributed by atoms with Crippen molar-refractivity contribution in [3.8, 4) is 11.5 Å². The number of carbonyl (C=O) groups excluding carboxylic acids is 1. The number of methoxy groups -OCH3 is 1. The van der Waals surface area contributed by atoms with Crippen LogP contribution in [-0.4, -0.2) is 43.5 Å². The molecule has 0 bridgehead atoms. The molecule has 0 aromatic heterocycles. The molecule has 1 aliphatic rings. The molecule has 2 aromatic carbocycles. The van der Waals surface area contributed by atoms with Crippen molar-refractivity contribution in [2.75, 3.05) is 18.1 Å². The van der Waals surface area contributed by atoms with Crippen molar-refractivity contribution in [2.24, 2.45) is 5.10 Å². The number of sulfonamides is 1. The van der Waals surface area contributed by atoms with E-state index >= 15 is 0 Å². The summed E-state index contributed by atoms with van der Waals surface area (Å²) in [4.78, 5) is 12.1. The van der Waals surface area contributed by atoms with Crippen molar-refractivity contribution >= 4 is 27.3 Å². The third-order valence-corrected chi connectivity index (χ3v) is 4.93. The normalized spacial score (nSPS) is 16.6. The fourth-order valence-electron chi connectivity index (χ4n) is 3.13. The second-order valence-electron chi connectivity index (χ2n) is 6.51. The highest BCUT2D eigenvalue weighted by atomic mass is 32.2. The van der Waals surface area contributed by atoms with Crippen LogP contribution in [0.25, 0.3) is 0 Å². The lowest BCUT2D eigenvalue weighted by atomic mass is 9.97. The van der Waals surface area contributed by atoms with Crippen LogP contribution in [0.15, 0.2) is 47.6 Å². The van der Waals surface area contributed by atoms with Crippen LogP contribution < -0.4 is 9.46 Å². The van der Waals surface area contributed by atoms with Crippen molar-refractivity contribution < 1.29 is 23.1 Å². The lowest BCUT2D eigenvalue weighted by Gasteiger charge is -2.21. The van der Waals surface area contributed by atoms with Gasteiger partial charge in [-0.2, -0.15) is 5.10 Å². The molecule has 9 heteroatoms. The number of nitrogens with one attached hydrogen (secondary N) is 1. The van der Waals surface area contributed by atoms with Gasteiger partial charge in [0.15, 0.2) is 0 Å². The molecular formula is C19H21N3O5S. The van der Waals surface area contributed by atoms with Gasteiger partial charge in [0.1, 0.15) is 11.5 Å². The number of amides is 1. The van der Waals surface area contributed by atoms with Gasteiger partial charge < -0.3 is 9.84 Å². The Labute approximate surface area is 163 Å². The number of rotatable bonds is 5. The quantitative estimate of drug-likeness (QED) is 0.797. The summed E-state index contributed by atoms with van der Waals surface area (Å²) in [5.41, 5.74) is 2.21. The minimum Gasteiger partial charge on any atom is -0.507 e. The Bertz CT molecular complexity index is 1050. The van der Waals surface area contributed by atoms with E-state index in [0.717, 1.165) is 11.8 Å². The third kappa shape index (κ3) is 4.25. The maximum atomic E-state index is 12.1. The average Bonchev–Trinajstić information content (AvgIpc) is 3.05. The molecule has 0 radical (unpaired) electrons. The molecule has 0 saturated carbocycles. The van der Waals surface area contributed by atoms with Crippen LogP contribution in [0.3, 0.4) is 0 Å². The van der Waals surface area contributed by atoms with E-state index in [1.807, 2.05) is 0 Å². The summed E-state index contributed by atoms with van der Waals surface area (Å²) >= 11 is 0. The van der Waals surface area contributed by atoms with Gasteiger partial charge in [0.05, 0.1) is 25.1 Å². The van der Waals surface area contributed by atoms with Gasteiger partial charge >= 0.3 is 0 Å². The number of phenols is 1. The van der Waals surface area contributed by atoms with Crippen LogP contribution in [0.4, 0.5) is 5.69 Å². The van der Waals surface area contributed by atoms with Gasteiger partial charge in [-0.25, -0.2) is 13.4 Å². The van der Waals surface area contributed by atoms with Crippen LogP contribution in [0.2, 0.25) is 0 Å². The molecule has 8 nitrogen and oxygen atoms in total. The first kappa shape index (κ1) is 19.7. The first-order valence-corrected chi connectivity index (χ1v) is 10.4. The summed E-state index contributed by atoms with van der Waals surface area (Å²) in [6.45, 7) is 1.41. The Morgan fingerprint density at radius 3 is 2.64 bits per heavy atom. The van der Waals surface area contributed by atoms with Gasteiger partial charge in [0.2, 0.25) is 15.9 Å². The van der Waals surface area contributed by atoms with Crippen LogP contribution in [0.5, 0.6) is 11.5 Å². The number of aromatic hydroxyl groups is 1. The lowest BCUT2D eigenvalue weighted by molar-refractivity contribution is -0.130. The molecule has 1 aliphatic heterocycles. The molecule has 3 rings (SSSR count). The van der Waals surface area contributed by atoms with E-state index in [1.54, 1.807) is 36.4 Å². The predicted octanol–water partition coefficient (Wildman–Crippen LogP) is 2.47. The fourth-order valence-corrected chi connectivity index (χ4v) is 3.68. The molecule has 0 saturated heterocycles. The van der Waals surface area contributed by atoms with E-state index in [2.05, 4.69) is 9.82 Å². The van der Waals surface area contributed by atoms with Crippen LogP contribution >= 0.6 is 0 Å². The van der Waals surface area contributed by atoms with E-state index < -0.39 is 16.1 Å². The largest absolute Gasteiger partial charge is 0.507 e. The average molecular weight is 403 g/mol. The monoisotopic (exact) mass is 403 g/mol.